The first kappa shape index (κ1) is 28.9. The van der Waals surface area contributed by atoms with E-state index in [0.29, 0.717) is 0 Å². The molecule has 1 aliphatic heterocycles. The van der Waals surface area contributed by atoms with Gasteiger partial charge in [0.25, 0.3) is 0 Å². The zero-order valence-corrected chi connectivity index (χ0v) is 23.3. The van der Waals surface area contributed by atoms with E-state index >= 15 is 0 Å². The van der Waals surface area contributed by atoms with Crippen LogP contribution in [0.5, 0.6) is 5.75 Å². The van der Waals surface area contributed by atoms with Crippen LogP contribution in [0.1, 0.15) is 36.9 Å². The Bertz CT molecular complexity index is 1210. The monoisotopic (exact) mass is 539 g/mol. The van der Waals surface area contributed by atoms with Crippen molar-refractivity contribution >= 4 is 41.4 Å². The Morgan fingerprint density at radius 2 is 1.57 bits per heavy atom. The standard InChI is InChI=1S/C31H37N3O.2ClH/c1-33-29(23-32-28-12-6-3-7-13-28)21-27-22-30(14-15-31(27)33)35-20-8-11-25-16-18-34(19-17-25)24-26-9-4-2-5-10-26;;/h2-7,9-10,12-15,21-22,25,32H,8,11,16-20,23-24H2,1H3;2*1H. The molecule has 4 nitrogen and oxygen atoms in total. The number of benzene rings is 3. The topological polar surface area (TPSA) is 29.4 Å². The number of ether oxygens (including phenoxy) is 1. The molecule has 2 heterocycles. The van der Waals surface area contributed by atoms with Crippen molar-refractivity contribution in [1.29, 1.82) is 0 Å². The highest BCUT2D eigenvalue weighted by atomic mass is 35.5. The summed E-state index contributed by atoms with van der Waals surface area (Å²) >= 11 is 0. The molecule has 6 heteroatoms. The molecule has 3 aromatic carbocycles. The molecule has 0 amide bonds. The van der Waals surface area contributed by atoms with E-state index in [1.807, 2.05) is 6.07 Å². The first-order valence-corrected chi connectivity index (χ1v) is 13.0. The minimum Gasteiger partial charge on any atom is -0.494 e. The number of hydrogen-bond donors (Lipinski definition) is 1. The molecule has 0 saturated carbocycles. The van der Waals surface area contributed by atoms with Crippen molar-refractivity contribution in [3.8, 4) is 5.75 Å². The highest BCUT2D eigenvalue weighted by Crippen LogP contribution is 2.26. The molecule has 37 heavy (non-hydrogen) atoms. The molecule has 0 aliphatic carbocycles. The summed E-state index contributed by atoms with van der Waals surface area (Å²) in [6.45, 7) is 5.11. The number of halogens is 2. The number of fused-ring (bicyclic) bond motifs is 1. The zero-order valence-electron chi connectivity index (χ0n) is 21.6. The fourth-order valence-electron chi connectivity index (χ4n) is 5.23. The largest absolute Gasteiger partial charge is 0.494 e. The van der Waals surface area contributed by atoms with Gasteiger partial charge in [0.1, 0.15) is 5.75 Å². The summed E-state index contributed by atoms with van der Waals surface area (Å²) in [5.74, 6) is 1.81. The highest BCUT2D eigenvalue weighted by Gasteiger charge is 2.19. The Hall–Kier alpha value is -2.66. The summed E-state index contributed by atoms with van der Waals surface area (Å²) in [4.78, 5) is 2.60. The fourth-order valence-corrected chi connectivity index (χ4v) is 5.23. The van der Waals surface area contributed by atoms with Gasteiger partial charge < -0.3 is 14.6 Å². The highest BCUT2D eigenvalue weighted by molar-refractivity contribution is 5.85. The van der Waals surface area contributed by atoms with Gasteiger partial charge in [0.05, 0.1) is 13.2 Å². The van der Waals surface area contributed by atoms with Crippen LogP contribution < -0.4 is 10.1 Å². The van der Waals surface area contributed by atoms with E-state index in [-0.39, 0.29) is 24.8 Å². The fraction of sp³-hybridized carbons (Fsp3) is 0.355. The van der Waals surface area contributed by atoms with Crippen molar-refractivity contribution in [2.75, 3.05) is 25.0 Å². The normalized spacial score (nSPS) is 14.1. The predicted molar refractivity (Wildman–Crippen MR) is 160 cm³/mol. The molecule has 1 aliphatic rings. The molecule has 0 spiro atoms. The molecule has 0 radical (unpaired) electrons. The van der Waals surface area contributed by atoms with Crippen molar-refractivity contribution in [3.05, 3.63) is 96.2 Å². The van der Waals surface area contributed by atoms with Gasteiger partial charge in [-0.25, -0.2) is 0 Å². The van der Waals surface area contributed by atoms with Crippen LogP contribution in [0.3, 0.4) is 0 Å². The number of likely N-dealkylation sites (tertiary alicyclic amines) is 1. The Morgan fingerprint density at radius 3 is 2.30 bits per heavy atom. The Labute approximate surface area is 233 Å². The lowest BCUT2D eigenvalue weighted by molar-refractivity contribution is 0.166. The second-order valence-electron chi connectivity index (χ2n) is 9.83. The van der Waals surface area contributed by atoms with E-state index in [1.165, 1.54) is 54.5 Å². The van der Waals surface area contributed by atoms with E-state index in [0.717, 1.165) is 43.5 Å². The lowest BCUT2D eigenvalue weighted by atomic mass is 9.92. The number of anilines is 1. The molecule has 4 aromatic rings. The van der Waals surface area contributed by atoms with Crippen LogP contribution in [-0.2, 0) is 20.1 Å². The number of hydrogen-bond acceptors (Lipinski definition) is 3. The first-order valence-electron chi connectivity index (χ1n) is 13.0. The maximum atomic E-state index is 6.15. The van der Waals surface area contributed by atoms with E-state index in [2.05, 4.69) is 101 Å². The molecule has 0 unspecified atom stereocenters. The van der Waals surface area contributed by atoms with Crippen LogP contribution in [0.25, 0.3) is 10.9 Å². The van der Waals surface area contributed by atoms with Crippen LogP contribution in [0, 0.1) is 5.92 Å². The zero-order chi connectivity index (χ0) is 23.9. The van der Waals surface area contributed by atoms with E-state index < -0.39 is 0 Å². The number of piperidine rings is 1. The molecule has 1 saturated heterocycles. The van der Waals surface area contributed by atoms with Gasteiger partial charge in [0, 0.05) is 35.9 Å². The van der Waals surface area contributed by atoms with Crippen LogP contribution in [0.4, 0.5) is 5.69 Å². The average molecular weight is 541 g/mol. The molecule has 1 fully saturated rings. The summed E-state index contributed by atoms with van der Waals surface area (Å²) in [7, 11) is 2.13. The smallest absolute Gasteiger partial charge is 0.120 e. The molecule has 5 rings (SSSR count). The van der Waals surface area contributed by atoms with Gasteiger partial charge in [-0.3, -0.25) is 4.90 Å². The van der Waals surface area contributed by atoms with Gasteiger partial charge in [-0.15, -0.1) is 24.8 Å². The Morgan fingerprint density at radius 1 is 0.865 bits per heavy atom. The summed E-state index contributed by atoms with van der Waals surface area (Å²) in [5.41, 5.74) is 5.07. The predicted octanol–water partition coefficient (Wildman–Crippen LogP) is 7.71. The van der Waals surface area contributed by atoms with Gasteiger partial charge in [-0.1, -0.05) is 48.5 Å². The van der Waals surface area contributed by atoms with Gasteiger partial charge >= 0.3 is 0 Å². The van der Waals surface area contributed by atoms with Crippen LogP contribution >= 0.6 is 24.8 Å². The maximum absolute atomic E-state index is 6.15. The minimum atomic E-state index is 0. The van der Waals surface area contributed by atoms with Crippen molar-refractivity contribution in [1.82, 2.24) is 9.47 Å². The molecule has 198 valence electrons. The number of nitrogens with zero attached hydrogens (tertiary/aromatic N) is 2. The first-order chi connectivity index (χ1) is 17.2. The SMILES string of the molecule is Cl.Cl.Cn1c(CNc2ccccc2)cc2cc(OCCCC3CCN(Cc4ccccc4)CC3)ccc21. The molecule has 1 aromatic heterocycles. The number of aryl methyl sites for hydroxylation is 1. The molecular formula is C31H39Cl2N3O. The number of rotatable bonds is 10. The van der Waals surface area contributed by atoms with E-state index in [4.69, 9.17) is 4.74 Å². The summed E-state index contributed by atoms with van der Waals surface area (Å²) < 4.78 is 8.41. The quantitative estimate of drug-likeness (QED) is 0.209. The Balaban J connectivity index is 0.00000190. The maximum Gasteiger partial charge on any atom is 0.120 e. The second-order valence-corrected chi connectivity index (χ2v) is 9.83. The molecule has 1 N–H and O–H groups in total. The van der Waals surface area contributed by atoms with Crippen LogP contribution in [-0.4, -0.2) is 29.2 Å². The van der Waals surface area contributed by atoms with Gasteiger partial charge in [-0.2, -0.15) is 0 Å². The number of aromatic nitrogens is 1. The number of para-hydroxylation sites is 1. The average Bonchev–Trinajstić information content (AvgIpc) is 3.22. The third-order valence-corrected chi connectivity index (χ3v) is 7.34. The van der Waals surface area contributed by atoms with Crippen molar-refractivity contribution < 1.29 is 4.74 Å². The second kappa shape index (κ2) is 14.3. The van der Waals surface area contributed by atoms with Crippen molar-refractivity contribution in [2.45, 2.75) is 38.8 Å². The van der Waals surface area contributed by atoms with E-state index in [1.54, 1.807) is 0 Å². The number of nitrogens with one attached hydrogen (secondary N) is 1. The summed E-state index contributed by atoms with van der Waals surface area (Å²) in [6, 6.07) is 29.9. The lowest BCUT2D eigenvalue weighted by Gasteiger charge is -2.32. The van der Waals surface area contributed by atoms with Crippen molar-refractivity contribution in [2.24, 2.45) is 13.0 Å². The minimum absolute atomic E-state index is 0. The summed E-state index contributed by atoms with van der Waals surface area (Å²) in [5, 5.41) is 4.75. The van der Waals surface area contributed by atoms with Crippen LogP contribution in [0.2, 0.25) is 0 Å². The van der Waals surface area contributed by atoms with Crippen LogP contribution in [0.15, 0.2) is 84.9 Å². The third-order valence-electron chi connectivity index (χ3n) is 7.34. The molecular weight excluding hydrogens is 501 g/mol. The van der Waals surface area contributed by atoms with Gasteiger partial charge in [-0.05, 0) is 86.7 Å². The third kappa shape index (κ3) is 7.91. The van der Waals surface area contributed by atoms with Gasteiger partial charge in [0.15, 0.2) is 0 Å². The van der Waals surface area contributed by atoms with E-state index in [9.17, 15) is 0 Å². The van der Waals surface area contributed by atoms with Gasteiger partial charge in [0.2, 0.25) is 0 Å². The lowest BCUT2D eigenvalue weighted by Crippen LogP contribution is -2.33. The van der Waals surface area contributed by atoms with Crippen molar-refractivity contribution in [3.63, 3.8) is 0 Å². The molecule has 0 atom stereocenters. The molecule has 0 bridgehead atoms. The summed E-state index contributed by atoms with van der Waals surface area (Å²) in [6.07, 6.45) is 5.01. The Kier molecular flexibility index (Phi) is 11.2.